The molecule has 0 aliphatic rings. The van der Waals surface area contributed by atoms with Gasteiger partial charge < -0.3 is 14.4 Å². The average molecular weight is 222 g/mol. The first-order chi connectivity index (χ1) is 6.16. The number of quaternary nitrogens is 1. The van der Waals surface area contributed by atoms with Gasteiger partial charge in [-0.05, 0) is 6.92 Å². The van der Waals surface area contributed by atoms with Gasteiger partial charge in [0.1, 0.15) is 5.78 Å². The lowest BCUT2D eigenvalue weighted by Crippen LogP contribution is -2.46. The number of carboxylic acid groups (broad SMARTS) is 1. The molecule has 0 aromatic carbocycles. The van der Waals surface area contributed by atoms with Gasteiger partial charge in [0, 0.05) is 6.42 Å². The Labute approximate surface area is 89.0 Å². The molecule has 0 heterocycles. The van der Waals surface area contributed by atoms with Gasteiger partial charge in [0.25, 0.3) is 0 Å². The van der Waals surface area contributed by atoms with Crippen LogP contribution >= 0.6 is 11.6 Å². The summed E-state index contributed by atoms with van der Waals surface area (Å²) in [6.07, 6.45) is 0.0999. The van der Waals surface area contributed by atoms with Gasteiger partial charge in [-0.3, -0.25) is 4.79 Å². The summed E-state index contributed by atoms with van der Waals surface area (Å²) >= 11 is 5.97. The lowest BCUT2D eigenvalue weighted by molar-refractivity contribution is -0.883. The van der Waals surface area contributed by atoms with E-state index in [1.54, 1.807) is 0 Å². The molecule has 2 unspecified atom stereocenters. The fourth-order valence-corrected chi connectivity index (χ4v) is 1.12. The maximum absolute atomic E-state index is 11.0. The zero-order chi connectivity index (χ0) is 11.5. The quantitative estimate of drug-likeness (QED) is 0.275. The van der Waals surface area contributed by atoms with Crippen molar-refractivity contribution in [1.29, 1.82) is 0 Å². The minimum Gasteiger partial charge on any atom is -0.549 e. The van der Waals surface area contributed by atoms with Crippen LogP contribution < -0.4 is 5.11 Å². The molecular formula is C9H16ClNO3. The fraction of sp³-hybridized carbons (Fsp3) is 0.778. The van der Waals surface area contributed by atoms with Crippen LogP contribution in [0.15, 0.2) is 0 Å². The number of aliphatic carboxylic acids is 1. The molecule has 0 spiro atoms. The van der Waals surface area contributed by atoms with Crippen LogP contribution in [0.3, 0.4) is 0 Å². The molecule has 0 rings (SSSR count). The molecule has 0 aliphatic carbocycles. The Balaban J connectivity index is 4.47. The van der Waals surface area contributed by atoms with Gasteiger partial charge in [0.2, 0.25) is 0 Å². The van der Waals surface area contributed by atoms with E-state index >= 15 is 0 Å². The summed E-state index contributed by atoms with van der Waals surface area (Å²) in [6, 6.07) is 0. The van der Waals surface area contributed by atoms with E-state index in [0.29, 0.717) is 4.48 Å². The third-order valence-electron chi connectivity index (χ3n) is 2.05. The summed E-state index contributed by atoms with van der Waals surface area (Å²) in [7, 11) is 5.51. The highest BCUT2D eigenvalue weighted by atomic mass is 35.5. The number of carboxylic acids is 1. The summed E-state index contributed by atoms with van der Waals surface area (Å²) < 4.78 is 0.401. The van der Waals surface area contributed by atoms with Crippen LogP contribution in [-0.4, -0.2) is 42.9 Å². The molecule has 0 aromatic rings. The predicted molar refractivity (Wildman–Crippen MR) is 51.5 cm³/mol. The van der Waals surface area contributed by atoms with Crippen molar-refractivity contribution in [3.63, 3.8) is 0 Å². The highest BCUT2D eigenvalue weighted by molar-refractivity contribution is 6.20. The van der Waals surface area contributed by atoms with E-state index in [1.807, 2.05) is 21.1 Å². The average Bonchev–Trinajstić information content (AvgIpc) is 1.96. The highest BCUT2D eigenvalue weighted by Gasteiger charge is 2.27. The summed E-state index contributed by atoms with van der Waals surface area (Å²) in [5.41, 5.74) is -0.415. The van der Waals surface area contributed by atoms with Crippen LogP contribution in [0.25, 0.3) is 0 Å². The van der Waals surface area contributed by atoms with Crippen LogP contribution in [0.1, 0.15) is 13.3 Å². The Morgan fingerprint density at radius 2 is 1.79 bits per heavy atom. The standard InChI is InChI=1S/C9H16ClNO3/c1-6(12)7(9(13)14)5-8(10)11(2,3)4/h7-8H,5H2,1-4H3. The lowest BCUT2D eigenvalue weighted by Gasteiger charge is -2.31. The van der Waals surface area contributed by atoms with E-state index in [0.717, 1.165) is 0 Å². The molecule has 14 heavy (non-hydrogen) atoms. The van der Waals surface area contributed by atoms with Gasteiger partial charge in [0.05, 0.1) is 33.0 Å². The van der Waals surface area contributed by atoms with Crippen LogP contribution in [0, 0.1) is 5.92 Å². The molecule has 0 saturated heterocycles. The fourth-order valence-electron chi connectivity index (χ4n) is 0.939. The Morgan fingerprint density at radius 3 is 2.00 bits per heavy atom. The molecule has 0 amide bonds. The Kier molecular flexibility index (Phi) is 4.55. The number of Topliss-reactive ketones (excluding diaryl/α,β-unsaturated/α-hetero) is 1. The van der Waals surface area contributed by atoms with Crippen molar-refractivity contribution < 1.29 is 19.2 Å². The number of hydrogen-bond donors (Lipinski definition) is 0. The van der Waals surface area contributed by atoms with Crippen LogP contribution in [0.5, 0.6) is 0 Å². The molecule has 0 fully saturated rings. The summed E-state index contributed by atoms with van der Waals surface area (Å²) in [5, 5.41) is 10.6. The van der Waals surface area contributed by atoms with E-state index in [2.05, 4.69) is 0 Å². The minimum absolute atomic E-state index is 0.0999. The molecular weight excluding hydrogens is 206 g/mol. The maximum Gasteiger partial charge on any atom is 0.165 e. The first-order valence-electron chi connectivity index (χ1n) is 4.32. The van der Waals surface area contributed by atoms with E-state index in [9.17, 15) is 14.7 Å². The van der Waals surface area contributed by atoms with E-state index in [4.69, 9.17) is 11.6 Å². The van der Waals surface area contributed by atoms with E-state index < -0.39 is 23.2 Å². The molecule has 5 heteroatoms. The largest absolute Gasteiger partial charge is 0.549 e. The Hall–Kier alpha value is -0.610. The van der Waals surface area contributed by atoms with Crippen molar-refractivity contribution in [2.45, 2.75) is 18.8 Å². The molecule has 0 bridgehead atoms. The molecule has 0 N–H and O–H groups in total. The first kappa shape index (κ1) is 13.4. The number of carbonyl (C=O) groups excluding carboxylic acids is 2. The summed E-state index contributed by atoms with van der Waals surface area (Å²) in [5.74, 6) is -2.87. The van der Waals surface area contributed by atoms with Crippen molar-refractivity contribution in [3.05, 3.63) is 0 Å². The van der Waals surface area contributed by atoms with Crippen molar-refractivity contribution >= 4 is 23.4 Å². The summed E-state index contributed by atoms with van der Waals surface area (Å²) in [6.45, 7) is 1.24. The number of nitrogens with zero attached hydrogens (tertiary/aromatic N) is 1. The Morgan fingerprint density at radius 1 is 1.36 bits per heavy atom. The van der Waals surface area contributed by atoms with E-state index in [-0.39, 0.29) is 6.42 Å². The molecule has 0 saturated carbocycles. The molecule has 0 aromatic heterocycles. The van der Waals surface area contributed by atoms with Crippen LogP contribution in [0.2, 0.25) is 0 Å². The van der Waals surface area contributed by atoms with Crippen molar-refractivity contribution in [2.75, 3.05) is 21.1 Å². The summed E-state index contributed by atoms with van der Waals surface area (Å²) in [4.78, 5) is 21.6. The number of hydrogen-bond acceptors (Lipinski definition) is 3. The van der Waals surface area contributed by atoms with Crippen LogP contribution in [-0.2, 0) is 9.59 Å². The Bertz CT molecular complexity index is 221. The number of alkyl halides is 1. The zero-order valence-corrected chi connectivity index (χ0v) is 9.67. The molecule has 2 atom stereocenters. The predicted octanol–water partition coefficient (Wildman–Crippen LogP) is -0.397. The topological polar surface area (TPSA) is 57.2 Å². The van der Waals surface area contributed by atoms with Gasteiger partial charge in [-0.25, -0.2) is 0 Å². The second kappa shape index (κ2) is 4.75. The second-order valence-corrected chi connectivity index (χ2v) is 4.77. The van der Waals surface area contributed by atoms with Gasteiger partial charge in [-0.1, -0.05) is 11.6 Å². The smallest absolute Gasteiger partial charge is 0.165 e. The van der Waals surface area contributed by atoms with Gasteiger partial charge >= 0.3 is 0 Å². The SMILES string of the molecule is CC(=O)C(CC(Cl)[N+](C)(C)C)C(=O)[O-]. The highest BCUT2D eigenvalue weighted by Crippen LogP contribution is 2.18. The van der Waals surface area contributed by atoms with Crippen molar-refractivity contribution in [2.24, 2.45) is 5.92 Å². The third-order valence-corrected chi connectivity index (χ3v) is 2.81. The molecule has 0 radical (unpaired) electrons. The zero-order valence-electron chi connectivity index (χ0n) is 8.91. The number of rotatable bonds is 5. The molecule has 4 nitrogen and oxygen atoms in total. The van der Waals surface area contributed by atoms with Crippen LogP contribution in [0.4, 0.5) is 0 Å². The first-order valence-corrected chi connectivity index (χ1v) is 4.76. The van der Waals surface area contributed by atoms with Gasteiger partial charge in [0.15, 0.2) is 5.50 Å². The third kappa shape index (κ3) is 4.07. The number of halogens is 1. The van der Waals surface area contributed by atoms with Gasteiger partial charge in [-0.2, -0.15) is 0 Å². The maximum atomic E-state index is 11.0. The molecule has 0 aliphatic heterocycles. The van der Waals surface area contributed by atoms with Crippen molar-refractivity contribution in [1.82, 2.24) is 0 Å². The normalized spacial score (nSPS) is 16.1. The number of carbonyl (C=O) groups is 2. The molecule has 82 valence electrons. The minimum atomic E-state index is -1.35. The van der Waals surface area contributed by atoms with Crippen molar-refractivity contribution in [3.8, 4) is 0 Å². The second-order valence-electron chi connectivity index (χ2n) is 4.27. The monoisotopic (exact) mass is 221 g/mol. The van der Waals surface area contributed by atoms with Gasteiger partial charge in [-0.15, -0.1) is 0 Å². The lowest BCUT2D eigenvalue weighted by atomic mass is 10.0. The number of ketones is 1. The van der Waals surface area contributed by atoms with E-state index in [1.165, 1.54) is 6.92 Å².